The number of rotatable bonds is 5. The lowest BCUT2D eigenvalue weighted by molar-refractivity contribution is -0.137. The lowest BCUT2D eigenvalue weighted by Gasteiger charge is -2.16. The fraction of sp³-hybridized carbons (Fsp3) is 0.667. The van der Waals surface area contributed by atoms with Gasteiger partial charge in [0.15, 0.2) is 0 Å². The first-order valence-electron chi connectivity index (χ1n) is 5.00. The summed E-state index contributed by atoms with van der Waals surface area (Å²) in [7, 11) is 1.67. The van der Waals surface area contributed by atoms with Crippen molar-refractivity contribution in [1.29, 1.82) is 0 Å². The fourth-order valence-electron chi connectivity index (χ4n) is 1.14. The molecule has 0 aliphatic heterocycles. The third kappa shape index (κ3) is 4.16. The van der Waals surface area contributed by atoms with Crippen molar-refractivity contribution in [2.75, 3.05) is 20.1 Å². The Balaban J connectivity index is 2.15. The zero-order valence-electron chi connectivity index (χ0n) is 9.02. The Morgan fingerprint density at radius 2 is 1.88 bits per heavy atom. The number of carbonyl (C=O) groups is 3. The van der Waals surface area contributed by atoms with E-state index in [0.29, 0.717) is 0 Å². The van der Waals surface area contributed by atoms with Crippen molar-refractivity contribution in [3.8, 4) is 0 Å². The molecule has 0 aromatic heterocycles. The Kier molecular flexibility index (Phi) is 4.10. The number of urea groups is 1. The molecule has 16 heavy (non-hydrogen) atoms. The molecule has 1 saturated carbocycles. The summed E-state index contributed by atoms with van der Waals surface area (Å²) in [5.74, 6) is -1.63. The maximum atomic E-state index is 11.4. The van der Waals surface area contributed by atoms with Crippen LogP contribution in [0.15, 0.2) is 0 Å². The van der Waals surface area contributed by atoms with Crippen LogP contribution in [0.4, 0.5) is 4.79 Å². The van der Waals surface area contributed by atoms with Crippen molar-refractivity contribution in [2.45, 2.75) is 18.9 Å². The Bertz CT molecular complexity index is 301. The first kappa shape index (κ1) is 12.3. The SMILES string of the molecule is CN(C(=O)NCC(=O)NCC(=O)O)C1CC1. The minimum atomic E-state index is -1.12. The smallest absolute Gasteiger partial charge is 0.322 e. The topological polar surface area (TPSA) is 98.7 Å². The first-order chi connectivity index (χ1) is 7.50. The summed E-state index contributed by atoms with van der Waals surface area (Å²) in [6.45, 7) is -0.643. The molecule has 1 rings (SSSR count). The summed E-state index contributed by atoms with van der Waals surface area (Å²) in [6.07, 6.45) is 1.99. The number of carboxylic acid groups (broad SMARTS) is 1. The highest BCUT2D eigenvalue weighted by atomic mass is 16.4. The van der Waals surface area contributed by atoms with E-state index in [1.807, 2.05) is 0 Å². The third-order valence-electron chi connectivity index (χ3n) is 2.25. The molecule has 0 atom stereocenters. The number of carbonyl (C=O) groups excluding carboxylic acids is 2. The summed E-state index contributed by atoms with van der Waals surface area (Å²) < 4.78 is 0. The number of hydrogen-bond donors (Lipinski definition) is 3. The lowest BCUT2D eigenvalue weighted by atomic mass is 10.5. The van der Waals surface area contributed by atoms with Gasteiger partial charge in [-0.05, 0) is 12.8 Å². The van der Waals surface area contributed by atoms with Crippen LogP contribution in [0.25, 0.3) is 0 Å². The quantitative estimate of drug-likeness (QED) is 0.562. The van der Waals surface area contributed by atoms with Gasteiger partial charge in [0.05, 0.1) is 6.54 Å². The van der Waals surface area contributed by atoms with Crippen molar-refractivity contribution in [3.05, 3.63) is 0 Å². The molecule has 3 amide bonds. The van der Waals surface area contributed by atoms with E-state index in [0.717, 1.165) is 12.8 Å². The van der Waals surface area contributed by atoms with Crippen LogP contribution in [0.1, 0.15) is 12.8 Å². The van der Waals surface area contributed by atoms with Gasteiger partial charge in [0, 0.05) is 13.1 Å². The molecule has 1 fully saturated rings. The van der Waals surface area contributed by atoms with Gasteiger partial charge in [-0.15, -0.1) is 0 Å². The molecule has 3 N–H and O–H groups in total. The molecule has 0 aromatic rings. The number of nitrogens with one attached hydrogen (secondary N) is 2. The third-order valence-corrected chi connectivity index (χ3v) is 2.25. The molecule has 0 saturated heterocycles. The summed E-state index contributed by atoms with van der Waals surface area (Å²) in [5, 5.41) is 12.9. The van der Waals surface area contributed by atoms with Crippen molar-refractivity contribution in [2.24, 2.45) is 0 Å². The van der Waals surface area contributed by atoms with Crippen molar-refractivity contribution in [3.63, 3.8) is 0 Å². The van der Waals surface area contributed by atoms with E-state index in [2.05, 4.69) is 10.6 Å². The van der Waals surface area contributed by atoms with Gasteiger partial charge < -0.3 is 20.6 Å². The molecule has 1 aliphatic rings. The van der Waals surface area contributed by atoms with Crippen LogP contribution in [-0.4, -0.2) is 54.1 Å². The van der Waals surface area contributed by atoms with Gasteiger partial charge in [0.25, 0.3) is 0 Å². The Morgan fingerprint density at radius 1 is 1.25 bits per heavy atom. The van der Waals surface area contributed by atoms with Gasteiger partial charge in [-0.25, -0.2) is 4.79 Å². The first-order valence-corrected chi connectivity index (χ1v) is 5.00. The highest BCUT2D eigenvalue weighted by Crippen LogP contribution is 2.24. The molecule has 0 aromatic carbocycles. The zero-order chi connectivity index (χ0) is 12.1. The van der Waals surface area contributed by atoms with E-state index < -0.39 is 18.4 Å². The van der Waals surface area contributed by atoms with Crippen LogP contribution in [0.5, 0.6) is 0 Å². The van der Waals surface area contributed by atoms with E-state index in [-0.39, 0.29) is 18.6 Å². The van der Waals surface area contributed by atoms with Crippen molar-refractivity contribution in [1.82, 2.24) is 15.5 Å². The van der Waals surface area contributed by atoms with E-state index in [1.165, 1.54) is 0 Å². The van der Waals surface area contributed by atoms with Crippen LogP contribution in [0.2, 0.25) is 0 Å². The normalized spacial score (nSPS) is 14.1. The predicted molar refractivity (Wildman–Crippen MR) is 54.8 cm³/mol. The largest absolute Gasteiger partial charge is 0.480 e. The monoisotopic (exact) mass is 229 g/mol. The van der Waals surface area contributed by atoms with E-state index >= 15 is 0 Å². The molecule has 0 spiro atoms. The lowest BCUT2D eigenvalue weighted by Crippen LogP contribution is -2.44. The average molecular weight is 229 g/mol. The number of hydrogen-bond acceptors (Lipinski definition) is 3. The van der Waals surface area contributed by atoms with Crippen LogP contribution in [0.3, 0.4) is 0 Å². The molecule has 0 heterocycles. The maximum Gasteiger partial charge on any atom is 0.322 e. The second kappa shape index (κ2) is 5.34. The fourth-order valence-corrected chi connectivity index (χ4v) is 1.14. The number of aliphatic carboxylic acids is 1. The van der Waals surface area contributed by atoms with Crippen LogP contribution >= 0.6 is 0 Å². The van der Waals surface area contributed by atoms with Gasteiger partial charge in [0.1, 0.15) is 6.54 Å². The van der Waals surface area contributed by atoms with Crippen molar-refractivity contribution >= 4 is 17.9 Å². The zero-order valence-corrected chi connectivity index (χ0v) is 9.02. The Labute approximate surface area is 92.8 Å². The molecule has 1 aliphatic carbocycles. The minimum Gasteiger partial charge on any atom is -0.480 e. The molecular weight excluding hydrogens is 214 g/mol. The molecule has 90 valence electrons. The van der Waals surface area contributed by atoms with Gasteiger partial charge >= 0.3 is 12.0 Å². The molecular formula is C9H15N3O4. The van der Waals surface area contributed by atoms with Gasteiger partial charge in [-0.1, -0.05) is 0 Å². The standard InChI is InChI=1S/C9H15N3O4/c1-12(6-2-3-6)9(16)11-4-7(13)10-5-8(14)15/h6H,2-5H2,1H3,(H,10,13)(H,11,16)(H,14,15). The number of carboxylic acids is 1. The second-order valence-corrected chi connectivity index (χ2v) is 3.67. The Morgan fingerprint density at radius 3 is 2.38 bits per heavy atom. The molecule has 7 heteroatoms. The number of amides is 3. The van der Waals surface area contributed by atoms with Gasteiger partial charge in [0.2, 0.25) is 5.91 Å². The maximum absolute atomic E-state index is 11.4. The average Bonchev–Trinajstić information content (AvgIpc) is 3.05. The van der Waals surface area contributed by atoms with Crippen molar-refractivity contribution < 1.29 is 19.5 Å². The van der Waals surface area contributed by atoms with Gasteiger partial charge in [-0.3, -0.25) is 9.59 Å². The number of nitrogens with zero attached hydrogens (tertiary/aromatic N) is 1. The summed E-state index contributed by atoms with van der Waals surface area (Å²) >= 11 is 0. The Hall–Kier alpha value is -1.79. The predicted octanol–water partition coefficient (Wildman–Crippen LogP) is -1.01. The molecule has 0 radical (unpaired) electrons. The van der Waals surface area contributed by atoms with Crippen LogP contribution < -0.4 is 10.6 Å². The van der Waals surface area contributed by atoms with Crippen LogP contribution in [0, 0.1) is 0 Å². The highest BCUT2D eigenvalue weighted by Gasteiger charge is 2.29. The van der Waals surface area contributed by atoms with Gasteiger partial charge in [-0.2, -0.15) is 0 Å². The van der Waals surface area contributed by atoms with Crippen LogP contribution in [-0.2, 0) is 9.59 Å². The highest BCUT2D eigenvalue weighted by molar-refractivity contribution is 5.86. The second-order valence-electron chi connectivity index (χ2n) is 3.67. The summed E-state index contributed by atoms with van der Waals surface area (Å²) in [4.78, 5) is 34.1. The summed E-state index contributed by atoms with van der Waals surface area (Å²) in [6, 6.07) is -0.0324. The van der Waals surface area contributed by atoms with E-state index in [4.69, 9.17) is 5.11 Å². The molecule has 0 unspecified atom stereocenters. The molecule has 0 bridgehead atoms. The summed E-state index contributed by atoms with van der Waals surface area (Å²) in [5.41, 5.74) is 0. The minimum absolute atomic E-state index is 0.205. The molecule has 7 nitrogen and oxygen atoms in total. The van der Waals surface area contributed by atoms with E-state index in [1.54, 1.807) is 11.9 Å². The van der Waals surface area contributed by atoms with E-state index in [9.17, 15) is 14.4 Å².